The quantitative estimate of drug-likeness (QED) is 0.904. The molecule has 0 aliphatic rings. The molecule has 0 aliphatic carbocycles. The fourth-order valence-electron chi connectivity index (χ4n) is 1.61. The third-order valence-corrected chi connectivity index (χ3v) is 3.18. The Morgan fingerprint density at radius 1 is 1.22 bits per heavy atom. The number of hydrogen-bond donors (Lipinski definition) is 1. The number of nitrogens with two attached hydrogens (primary N) is 1. The van der Waals surface area contributed by atoms with Crippen molar-refractivity contribution in [3.8, 4) is 0 Å². The third kappa shape index (κ3) is 3.46. The Bertz CT molecular complexity index is 401. The van der Waals surface area contributed by atoms with Gasteiger partial charge in [-0.25, -0.2) is 0 Å². The van der Waals surface area contributed by atoms with Crippen molar-refractivity contribution in [2.45, 2.75) is 38.1 Å². The second-order valence-corrected chi connectivity index (χ2v) is 4.77. The molecule has 0 aromatic heterocycles. The van der Waals surface area contributed by atoms with Gasteiger partial charge >= 0.3 is 6.18 Å². The van der Waals surface area contributed by atoms with Gasteiger partial charge in [0.1, 0.15) is 0 Å². The first-order chi connectivity index (χ1) is 8.18. The van der Waals surface area contributed by atoms with Crippen molar-refractivity contribution in [2.24, 2.45) is 5.73 Å². The van der Waals surface area contributed by atoms with Gasteiger partial charge in [0, 0.05) is 13.2 Å². The molecule has 1 aromatic rings. The zero-order valence-corrected chi connectivity index (χ0v) is 10.7. The fraction of sp³-hybridized carbons (Fsp3) is 0.538. The molecular formula is C13H18F3NO. The third-order valence-electron chi connectivity index (χ3n) is 3.18. The number of benzene rings is 1. The molecule has 1 atom stereocenters. The topological polar surface area (TPSA) is 35.2 Å². The van der Waals surface area contributed by atoms with Gasteiger partial charge in [0.25, 0.3) is 0 Å². The predicted molar refractivity (Wildman–Crippen MR) is 64.2 cm³/mol. The number of methoxy groups -OCH3 is 1. The van der Waals surface area contributed by atoms with E-state index >= 15 is 0 Å². The van der Waals surface area contributed by atoms with E-state index in [9.17, 15) is 13.2 Å². The molecule has 0 aliphatic heterocycles. The lowest BCUT2D eigenvalue weighted by Gasteiger charge is -2.30. The van der Waals surface area contributed by atoms with Gasteiger partial charge < -0.3 is 10.5 Å². The minimum Gasteiger partial charge on any atom is -0.377 e. The van der Waals surface area contributed by atoms with Crippen molar-refractivity contribution < 1.29 is 17.9 Å². The molecule has 0 heterocycles. The Labute approximate surface area is 105 Å². The van der Waals surface area contributed by atoms with E-state index in [1.54, 1.807) is 19.9 Å². The highest BCUT2D eigenvalue weighted by Crippen LogP contribution is 2.33. The Hall–Kier alpha value is -1.07. The Kier molecular flexibility index (Phi) is 4.40. The smallest absolute Gasteiger partial charge is 0.377 e. The number of rotatable bonds is 4. The molecule has 18 heavy (non-hydrogen) atoms. The lowest BCUT2D eigenvalue weighted by molar-refractivity contribution is -0.138. The molecule has 1 rings (SSSR count). The van der Waals surface area contributed by atoms with Crippen LogP contribution in [-0.2, 0) is 17.3 Å². The van der Waals surface area contributed by atoms with Gasteiger partial charge in [0.05, 0.1) is 11.2 Å². The summed E-state index contributed by atoms with van der Waals surface area (Å²) in [5.74, 6) is 0. The SMILES string of the molecule is COC(C)(C)C(N)Cc1ccccc1C(F)(F)F. The molecule has 0 saturated heterocycles. The van der Waals surface area contributed by atoms with Crippen LogP contribution in [0.3, 0.4) is 0 Å². The van der Waals surface area contributed by atoms with Crippen LogP contribution >= 0.6 is 0 Å². The molecule has 1 unspecified atom stereocenters. The van der Waals surface area contributed by atoms with Crippen LogP contribution in [-0.4, -0.2) is 18.8 Å². The maximum Gasteiger partial charge on any atom is 0.416 e. The molecule has 0 saturated carbocycles. The minimum atomic E-state index is -4.35. The molecule has 0 fully saturated rings. The maximum absolute atomic E-state index is 12.8. The van der Waals surface area contributed by atoms with Gasteiger partial charge in [-0.1, -0.05) is 18.2 Å². The summed E-state index contributed by atoms with van der Waals surface area (Å²) in [6.07, 6.45) is -4.23. The molecular weight excluding hydrogens is 243 g/mol. The van der Waals surface area contributed by atoms with Crippen LogP contribution in [0.25, 0.3) is 0 Å². The van der Waals surface area contributed by atoms with E-state index in [-0.39, 0.29) is 12.0 Å². The van der Waals surface area contributed by atoms with Crippen LogP contribution in [0.2, 0.25) is 0 Å². The molecule has 5 heteroatoms. The first-order valence-electron chi connectivity index (χ1n) is 5.64. The molecule has 1 aromatic carbocycles. The van der Waals surface area contributed by atoms with Gasteiger partial charge in [-0.05, 0) is 31.9 Å². The van der Waals surface area contributed by atoms with Crippen LogP contribution < -0.4 is 5.73 Å². The van der Waals surface area contributed by atoms with Crippen molar-refractivity contribution in [3.05, 3.63) is 35.4 Å². The molecule has 0 amide bonds. The molecule has 2 nitrogen and oxygen atoms in total. The largest absolute Gasteiger partial charge is 0.416 e. The Balaban J connectivity index is 2.99. The van der Waals surface area contributed by atoms with Gasteiger partial charge in [-0.2, -0.15) is 13.2 Å². The van der Waals surface area contributed by atoms with Gasteiger partial charge in [0.2, 0.25) is 0 Å². The van der Waals surface area contributed by atoms with Crippen molar-refractivity contribution >= 4 is 0 Å². The van der Waals surface area contributed by atoms with Crippen molar-refractivity contribution in [1.29, 1.82) is 0 Å². The van der Waals surface area contributed by atoms with Crippen molar-refractivity contribution in [3.63, 3.8) is 0 Å². The summed E-state index contributed by atoms with van der Waals surface area (Å²) in [5.41, 5.74) is 4.81. The highest BCUT2D eigenvalue weighted by Gasteiger charge is 2.34. The number of alkyl halides is 3. The predicted octanol–water partition coefficient (Wildman–Crippen LogP) is 3.00. The molecule has 0 spiro atoms. The molecule has 0 radical (unpaired) electrons. The first-order valence-corrected chi connectivity index (χ1v) is 5.64. The lowest BCUT2D eigenvalue weighted by atomic mass is 9.91. The average Bonchev–Trinajstić information content (AvgIpc) is 2.28. The Morgan fingerprint density at radius 2 is 1.78 bits per heavy atom. The van der Waals surface area contributed by atoms with E-state index < -0.39 is 23.4 Å². The van der Waals surface area contributed by atoms with E-state index in [2.05, 4.69) is 0 Å². The van der Waals surface area contributed by atoms with E-state index in [4.69, 9.17) is 10.5 Å². The van der Waals surface area contributed by atoms with Crippen LogP contribution in [0.5, 0.6) is 0 Å². The fourth-order valence-corrected chi connectivity index (χ4v) is 1.61. The van der Waals surface area contributed by atoms with Crippen molar-refractivity contribution in [1.82, 2.24) is 0 Å². The van der Waals surface area contributed by atoms with Gasteiger partial charge in [-0.15, -0.1) is 0 Å². The van der Waals surface area contributed by atoms with E-state index in [1.165, 1.54) is 19.2 Å². The molecule has 2 N–H and O–H groups in total. The van der Waals surface area contributed by atoms with Gasteiger partial charge in [0.15, 0.2) is 0 Å². The highest BCUT2D eigenvalue weighted by atomic mass is 19.4. The number of halogens is 3. The standard InChI is InChI=1S/C13H18F3NO/c1-12(2,18-3)11(17)8-9-6-4-5-7-10(9)13(14,15)16/h4-7,11H,8,17H2,1-3H3. The summed E-state index contributed by atoms with van der Waals surface area (Å²) in [6.45, 7) is 3.52. The number of ether oxygens (including phenoxy) is 1. The van der Waals surface area contributed by atoms with Crippen LogP contribution in [0.4, 0.5) is 13.2 Å². The molecule has 102 valence electrons. The van der Waals surface area contributed by atoms with Crippen LogP contribution in [0.15, 0.2) is 24.3 Å². The summed E-state index contributed by atoms with van der Waals surface area (Å²) < 4.78 is 43.6. The zero-order chi connectivity index (χ0) is 14.0. The monoisotopic (exact) mass is 261 g/mol. The summed E-state index contributed by atoms with van der Waals surface area (Å²) in [5, 5.41) is 0. The molecule has 0 bridgehead atoms. The summed E-state index contributed by atoms with van der Waals surface area (Å²) in [4.78, 5) is 0. The zero-order valence-electron chi connectivity index (χ0n) is 10.7. The average molecular weight is 261 g/mol. The first kappa shape index (κ1) is 15.0. The summed E-state index contributed by atoms with van der Waals surface area (Å²) in [7, 11) is 1.50. The van der Waals surface area contributed by atoms with Crippen molar-refractivity contribution in [2.75, 3.05) is 7.11 Å². The van der Waals surface area contributed by atoms with E-state index in [0.717, 1.165) is 6.07 Å². The van der Waals surface area contributed by atoms with E-state index in [0.29, 0.717) is 0 Å². The van der Waals surface area contributed by atoms with Crippen LogP contribution in [0, 0.1) is 0 Å². The minimum absolute atomic E-state index is 0.122. The lowest BCUT2D eigenvalue weighted by Crippen LogP contribution is -2.46. The van der Waals surface area contributed by atoms with Gasteiger partial charge in [-0.3, -0.25) is 0 Å². The number of hydrogen-bond acceptors (Lipinski definition) is 2. The highest BCUT2D eigenvalue weighted by molar-refractivity contribution is 5.30. The normalized spacial score (nSPS) is 14.6. The van der Waals surface area contributed by atoms with Crippen LogP contribution in [0.1, 0.15) is 25.0 Å². The second-order valence-electron chi connectivity index (χ2n) is 4.77. The maximum atomic E-state index is 12.8. The summed E-state index contributed by atoms with van der Waals surface area (Å²) >= 11 is 0. The second kappa shape index (κ2) is 5.28. The Morgan fingerprint density at radius 3 is 2.28 bits per heavy atom. The summed E-state index contributed by atoms with van der Waals surface area (Å²) in [6, 6.07) is 4.97. The van der Waals surface area contributed by atoms with E-state index in [1.807, 2.05) is 0 Å².